The molecule has 0 radical (unpaired) electrons. The number of nitrogens with one attached hydrogen (secondary N) is 1. The van der Waals surface area contributed by atoms with Crippen LogP contribution in [0.3, 0.4) is 0 Å². The van der Waals surface area contributed by atoms with Crippen molar-refractivity contribution in [2.24, 2.45) is 0 Å². The minimum absolute atomic E-state index is 0.00172. The van der Waals surface area contributed by atoms with E-state index in [0.29, 0.717) is 12.6 Å². The molecule has 1 aliphatic heterocycles. The lowest BCUT2D eigenvalue weighted by Gasteiger charge is -2.41. The number of hydrogen-bond donors (Lipinski definition) is 1. The van der Waals surface area contributed by atoms with Crippen molar-refractivity contribution in [3.63, 3.8) is 0 Å². The zero-order chi connectivity index (χ0) is 15.4. The molecule has 0 bridgehead atoms. The molecule has 3 nitrogen and oxygen atoms in total. The second-order valence-electron chi connectivity index (χ2n) is 5.81. The Kier molecular flexibility index (Phi) is 5.59. The molecule has 1 fully saturated rings. The molecule has 1 aliphatic rings. The average Bonchev–Trinajstić information content (AvgIpc) is 2.47. The predicted octanol–water partition coefficient (Wildman–Crippen LogP) is 3.50. The van der Waals surface area contributed by atoms with Crippen LogP contribution in [0.4, 0.5) is 10.1 Å². The minimum Gasteiger partial charge on any atom is -0.375 e. The molecule has 2 rings (SSSR count). The van der Waals surface area contributed by atoms with Gasteiger partial charge in [-0.3, -0.25) is 0 Å². The minimum atomic E-state index is -0.130. The molecule has 3 atom stereocenters. The van der Waals surface area contributed by atoms with Gasteiger partial charge in [0.1, 0.15) is 5.82 Å². The zero-order valence-electron chi connectivity index (χ0n) is 13.5. The Morgan fingerprint density at radius 3 is 2.86 bits per heavy atom. The summed E-state index contributed by atoms with van der Waals surface area (Å²) in [6.45, 7) is 10.6. The molecule has 118 valence electrons. The van der Waals surface area contributed by atoms with Crippen LogP contribution in [-0.4, -0.2) is 31.8 Å². The number of anilines is 1. The van der Waals surface area contributed by atoms with Gasteiger partial charge >= 0.3 is 0 Å². The van der Waals surface area contributed by atoms with Gasteiger partial charge in [0.15, 0.2) is 0 Å². The van der Waals surface area contributed by atoms with E-state index in [4.69, 9.17) is 4.74 Å². The van der Waals surface area contributed by atoms with Crippen molar-refractivity contribution in [1.82, 2.24) is 5.32 Å². The Bertz CT molecular complexity index is 466. The number of nitrogens with zero attached hydrogens (tertiary/aromatic N) is 1. The fourth-order valence-corrected chi connectivity index (χ4v) is 3.09. The first kappa shape index (κ1) is 16.2. The largest absolute Gasteiger partial charge is 0.375 e. The van der Waals surface area contributed by atoms with E-state index in [2.05, 4.69) is 24.1 Å². The van der Waals surface area contributed by atoms with Gasteiger partial charge in [0.05, 0.1) is 18.8 Å². The molecule has 21 heavy (non-hydrogen) atoms. The number of ether oxygens (including phenoxy) is 1. The second-order valence-corrected chi connectivity index (χ2v) is 5.81. The summed E-state index contributed by atoms with van der Waals surface area (Å²) in [5, 5.41) is 3.33. The highest BCUT2D eigenvalue weighted by molar-refractivity contribution is 5.56. The molecule has 0 aromatic heterocycles. The highest BCUT2D eigenvalue weighted by atomic mass is 19.1. The molecule has 1 saturated heterocycles. The molecular formula is C17H27FN2O. The van der Waals surface area contributed by atoms with Crippen LogP contribution in [-0.2, 0) is 4.74 Å². The van der Waals surface area contributed by atoms with E-state index in [9.17, 15) is 4.39 Å². The quantitative estimate of drug-likeness (QED) is 0.899. The van der Waals surface area contributed by atoms with E-state index in [0.717, 1.165) is 30.8 Å². The van der Waals surface area contributed by atoms with Crippen molar-refractivity contribution in [2.75, 3.05) is 24.6 Å². The van der Waals surface area contributed by atoms with Crippen LogP contribution in [0.1, 0.15) is 45.7 Å². The summed E-state index contributed by atoms with van der Waals surface area (Å²) < 4.78 is 20.2. The van der Waals surface area contributed by atoms with Crippen molar-refractivity contribution in [2.45, 2.75) is 52.3 Å². The molecule has 1 N–H and O–H groups in total. The van der Waals surface area contributed by atoms with Gasteiger partial charge in [-0.25, -0.2) is 4.39 Å². The monoisotopic (exact) mass is 294 g/mol. The fourth-order valence-electron chi connectivity index (χ4n) is 3.09. The van der Waals surface area contributed by atoms with Crippen LogP contribution < -0.4 is 10.2 Å². The number of morpholine rings is 1. The topological polar surface area (TPSA) is 24.5 Å². The highest BCUT2D eigenvalue weighted by Crippen LogP contribution is 2.32. The second kappa shape index (κ2) is 7.23. The van der Waals surface area contributed by atoms with Crippen molar-refractivity contribution >= 4 is 5.69 Å². The highest BCUT2D eigenvalue weighted by Gasteiger charge is 2.29. The first-order chi connectivity index (χ1) is 10.1. The van der Waals surface area contributed by atoms with Crippen LogP contribution in [0.25, 0.3) is 0 Å². The maximum atomic E-state index is 14.4. The van der Waals surface area contributed by atoms with Crippen LogP contribution in [0.2, 0.25) is 0 Å². The number of hydrogen-bond acceptors (Lipinski definition) is 3. The van der Waals surface area contributed by atoms with Crippen LogP contribution in [0.5, 0.6) is 0 Å². The van der Waals surface area contributed by atoms with Crippen molar-refractivity contribution < 1.29 is 9.13 Å². The van der Waals surface area contributed by atoms with E-state index < -0.39 is 0 Å². The summed E-state index contributed by atoms with van der Waals surface area (Å²) in [4.78, 5) is 2.32. The van der Waals surface area contributed by atoms with E-state index >= 15 is 0 Å². The Labute approximate surface area is 127 Å². The normalized spacial score (nSPS) is 24.1. The lowest BCUT2D eigenvalue weighted by Crippen LogP contribution is -2.49. The van der Waals surface area contributed by atoms with Gasteiger partial charge in [0.2, 0.25) is 0 Å². The van der Waals surface area contributed by atoms with Crippen molar-refractivity contribution in [3.05, 3.63) is 29.6 Å². The van der Waals surface area contributed by atoms with E-state index in [1.807, 2.05) is 19.9 Å². The summed E-state index contributed by atoms with van der Waals surface area (Å²) in [6.07, 6.45) is 1.18. The van der Waals surface area contributed by atoms with E-state index in [-0.39, 0.29) is 18.0 Å². The standard InChI is InChI=1S/C17H27FN2O/c1-5-14-11-21-12(3)10-20(14)16-9-7-8-15(18)17(16)13(4)19-6-2/h7-9,12-14,19H,5-6,10-11H2,1-4H3. The van der Waals surface area contributed by atoms with Gasteiger partial charge in [0, 0.05) is 23.8 Å². The first-order valence-corrected chi connectivity index (χ1v) is 7.98. The third kappa shape index (κ3) is 3.55. The van der Waals surface area contributed by atoms with Crippen molar-refractivity contribution in [3.8, 4) is 0 Å². The van der Waals surface area contributed by atoms with Crippen LogP contribution in [0.15, 0.2) is 18.2 Å². The molecule has 1 heterocycles. The van der Waals surface area contributed by atoms with Gasteiger partial charge in [-0.1, -0.05) is 19.9 Å². The third-order valence-corrected chi connectivity index (χ3v) is 4.22. The summed E-state index contributed by atoms with van der Waals surface area (Å²) >= 11 is 0. The summed E-state index contributed by atoms with van der Waals surface area (Å²) in [6, 6.07) is 5.71. The lowest BCUT2D eigenvalue weighted by molar-refractivity contribution is 0.0298. The SMILES string of the molecule is CCNC(C)c1c(F)cccc1N1CC(C)OCC1CC. The summed E-state index contributed by atoms with van der Waals surface area (Å²) in [5.41, 5.74) is 1.78. The number of halogens is 1. The molecule has 3 unspecified atom stereocenters. The van der Waals surface area contributed by atoms with Crippen molar-refractivity contribution in [1.29, 1.82) is 0 Å². The molecule has 1 aromatic carbocycles. The van der Waals surface area contributed by atoms with Gasteiger partial charge in [-0.05, 0) is 38.9 Å². The maximum Gasteiger partial charge on any atom is 0.130 e. The zero-order valence-corrected chi connectivity index (χ0v) is 13.5. The van der Waals surface area contributed by atoms with Gasteiger partial charge in [-0.2, -0.15) is 0 Å². The number of benzene rings is 1. The summed E-state index contributed by atoms with van der Waals surface area (Å²) in [7, 11) is 0. The van der Waals surface area contributed by atoms with Gasteiger partial charge < -0.3 is 15.0 Å². The molecule has 1 aromatic rings. The summed E-state index contributed by atoms with van der Waals surface area (Å²) in [5.74, 6) is -0.130. The predicted molar refractivity (Wildman–Crippen MR) is 85.3 cm³/mol. The maximum absolute atomic E-state index is 14.4. The van der Waals surface area contributed by atoms with Crippen LogP contribution >= 0.6 is 0 Å². The molecule has 0 saturated carbocycles. The molecule has 0 spiro atoms. The van der Waals surface area contributed by atoms with E-state index in [1.165, 1.54) is 0 Å². The first-order valence-electron chi connectivity index (χ1n) is 7.98. The fraction of sp³-hybridized carbons (Fsp3) is 0.647. The molecule has 0 amide bonds. The Morgan fingerprint density at radius 2 is 2.19 bits per heavy atom. The average molecular weight is 294 g/mol. The Hall–Kier alpha value is -1.13. The van der Waals surface area contributed by atoms with Gasteiger partial charge in [0.25, 0.3) is 0 Å². The van der Waals surface area contributed by atoms with E-state index in [1.54, 1.807) is 12.1 Å². The Balaban J connectivity index is 2.39. The Morgan fingerprint density at radius 1 is 1.43 bits per heavy atom. The third-order valence-electron chi connectivity index (χ3n) is 4.22. The van der Waals surface area contributed by atoms with Gasteiger partial charge in [-0.15, -0.1) is 0 Å². The molecule has 4 heteroatoms. The molecular weight excluding hydrogens is 267 g/mol. The van der Waals surface area contributed by atoms with Crippen LogP contribution in [0, 0.1) is 5.82 Å². The lowest BCUT2D eigenvalue weighted by atomic mass is 10.0. The molecule has 0 aliphatic carbocycles. The number of rotatable bonds is 5. The smallest absolute Gasteiger partial charge is 0.130 e.